The Morgan fingerprint density at radius 2 is 1.75 bits per heavy atom. The Labute approximate surface area is 163 Å². The van der Waals surface area contributed by atoms with Crippen LogP contribution in [0.15, 0.2) is 29.3 Å². The SMILES string of the molecule is CCNC(=NCc1ccc(COCC(F)(F)F)cc1)NCCCNS(C)(=O)=O. The first kappa shape index (κ1) is 24.2. The van der Waals surface area contributed by atoms with Gasteiger partial charge in [-0.25, -0.2) is 18.1 Å². The summed E-state index contributed by atoms with van der Waals surface area (Å²) < 4.78 is 65.2. The third-order valence-corrected chi connectivity index (χ3v) is 4.06. The number of nitrogens with zero attached hydrogens (tertiary/aromatic N) is 1. The lowest BCUT2D eigenvalue weighted by Gasteiger charge is -2.11. The molecule has 0 spiro atoms. The van der Waals surface area contributed by atoms with Gasteiger partial charge >= 0.3 is 6.18 Å². The van der Waals surface area contributed by atoms with Crippen molar-refractivity contribution in [3.8, 4) is 0 Å². The summed E-state index contributed by atoms with van der Waals surface area (Å²) in [6, 6.07) is 6.99. The van der Waals surface area contributed by atoms with Crippen molar-refractivity contribution in [2.24, 2.45) is 4.99 Å². The van der Waals surface area contributed by atoms with E-state index in [-0.39, 0.29) is 6.61 Å². The molecule has 0 bridgehead atoms. The van der Waals surface area contributed by atoms with E-state index in [0.29, 0.717) is 44.1 Å². The van der Waals surface area contributed by atoms with E-state index < -0.39 is 22.8 Å². The molecule has 1 rings (SSSR count). The Kier molecular flexibility index (Phi) is 10.3. The Morgan fingerprint density at radius 3 is 2.32 bits per heavy atom. The number of ether oxygens (including phenoxy) is 1. The average Bonchev–Trinajstić information content (AvgIpc) is 2.58. The van der Waals surface area contributed by atoms with Crippen LogP contribution in [-0.2, 0) is 27.9 Å². The highest BCUT2D eigenvalue weighted by Gasteiger charge is 2.27. The fourth-order valence-electron chi connectivity index (χ4n) is 2.09. The standard InChI is InChI=1S/C17H27F3N4O3S/c1-3-21-16(22-9-4-10-24-28(2,25)26)23-11-14-5-7-15(8-6-14)12-27-13-17(18,19)20/h5-8,24H,3-4,9-13H2,1-2H3,(H2,21,22,23). The summed E-state index contributed by atoms with van der Waals surface area (Å²) in [7, 11) is -3.19. The lowest BCUT2D eigenvalue weighted by molar-refractivity contribution is -0.176. The van der Waals surface area contributed by atoms with Gasteiger partial charge < -0.3 is 15.4 Å². The minimum atomic E-state index is -4.33. The van der Waals surface area contributed by atoms with Crippen LogP contribution < -0.4 is 15.4 Å². The van der Waals surface area contributed by atoms with Gasteiger partial charge in [0.15, 0.2) is 5.96 Å². The molecule has 0 aliphatic carbocycles. The van der Waals surface area contributed by atoms with E-state index >= 15 is 0 Å². The van der Waals surface area contributed by atoms with Crippen molar-refractivity contribution in [2.75, 3.05) is 32.5 Å². The van der Waals surface area contributed by atoms with Crippen molar-refractivity contribution in [2.45, 2.75) is 32.7 Å². The number of halogens is 3. The monoisotopic (exact) mass is 424 g/mol. The van der Waals surface area contributed by atoms with Gasteiger partial charge in [-0.1, -0.05) is 24.3 Å². The highest BCUT2D eigenvalue weighted by Crippen LogP contribution is 2.16. The number of guanidine groups is 1. The molecular formula is C17H27F3N4O3S. The molecule has 0 unspecified atom stereocenters. The third kappa shape index (κ3) is 12.5. The summed E-state index contributed by atoms with van der Waals surface area (Å²) in [6.45, 7) is 2.50. The molecule has 0 fully saturated rings. The first-order valence-electron chi connectivity index (χ1n) is 8.78. The normalized spacial score (nSPS) is 12.8. The zero-order valence-electron chi connectivity index (χ0n) is 16.0. The largest absolute Gasteiger partial charge is 0.411 e. The lowest BCUT2D eigenvalue weighted by Crippen LogP contribution is -2.38. The van der Waals surface area contributed by atoms with E-state index in [4.69, 9.17) is 0 Å². The molecule has 0 heterocycles. The summed E-state index contributed by atoms with van der Waals surface area (Å²) >= 11 is 0. The molecule has 1 aromatic carbocycles. The van der Waals surface area contributed by atoms with Gasteiger partial charge in [0.25, 0.3) is 0 Å². The number of benzene rings is 1. The van der Waals surface area contributed by atoms with Crippen LogP contribution in [0.4, 0.5) is 13.2 Å². The van der Waals surface area contributed by atoms with Gasteiger partial charge in [0.05, 0.1) is 19.4 Å². The van der Waals surface area contributed by atoms with Gasteiger partial charge in [-0.05, 0) is 24.5 Å². The molecule has 0 atom stereocenters. The molecule has 0 saturated carbocycles. The van der Waals surface area contributed by atoms with E-state index in [0.717, 1.165) is 11.8 Å². The van der Waals surface area contributed by atoms with Crippen LogP contribution in [-0.4, -0.2) is 53.1 Å². The van der Waals surface area contributed by atoms with Crippen molar-refractivity contribution in [3.63, 3.8) is 0 Å². The molecule has 160 valence electrons. The zero-order chi connectivity index (χ0) is 21.0. The third-order valence-electron chi connectivity index (χ3n) is 3.33. The molecular weight excluding hydrogens is 397 g/mol. The number of hydrogen-bond donors (Lipinski definition) is 3. The summed E-state index contributed by atoms with van der Waals surface area (Å²) in [6.07, 6.45) is -2.62. The van der Waals surface area contributed by atoms with Crippen molar-refractivity contribution in [1.82, 2.24) is 15.4 Å². The van der Waals surface area contributed by atoms with Gasteiger partial charge in [-0.2, -0.15) is 13.2 Å². The number of sulfonamides is 1. The molecule has 28 heavy (non-hydrogen) atoms. The molecule has 7 nitrogen and oxygen atoms in total. The summed E-state index contributed by atoms with van der Waals surface area (Å²) in [5, 5.41) is 6.20. The molecule has 1 aromatic rings. The Balaban J connectivity index is 2.44. The predicted molar refractivity (Wildman–Crippen MR) is 102 cm³/mol. The van der Waals surface area contributed by atoms with E-state index in [1.54, 1.807) is 24.3 Å². The van der Waals surface area contributed by atoms with Crippen molar-refractivity contribution < 1.29 is 26.3 Å². The highest BCUT2D eigenvalue weighted by molar-refractivity contribution is 7.88. The summed E-state index contributed by atoms with van der Waals surface area (Å²) in [4.78, 5) is 4.43. The van der Waals surface area contributed by atoms with E-state index in [2.05, 4.69) is 25.1 Å². The maximum atomic E-state index is 12.1. The van der Waals surface area contributed by atoms with Gasteiger partial charge in [-0.3, -0.25) is 0 Å². The van der Waals surface area contributed by atoms with Crippen molar-refractivity contribution in [1.29, 1.82) is 0 Å². The molecule has 0 radical (unpaired) electrons. The van der Waals surface area contributed by atoms with Crippen molar-refractivity contribution >= 4 is 16.0 Å². The van der Waals surface area contributed by atoms with Crippen LogP contribution in [0.5, 0.6) is 0 Å². The number of hydrogen-bond acceptors (Lipinski definition) is 4. The molecule has 3 N–H and O–H groups in total. The van der Waals surface area contributed by atoms with Crippen LogP contribution in [0.25, 0.3) is 0 Å². The van der Waals surface area contributed by atoms with E-state index in [1.807, 2.05) is 6.92 Å². The summed E-state index contributed by atoms with van der Waals surface area (Å²) in [5.74, 6) is 0.597. The minimum absolute atomic E-state index is 0.102. The lowest BCUT2D eigenvalue weighted by atomic mass is 10.1. The smallest absolute Gasteiger partial charge is 0.367 e. The molecule has 0 amide bonds. The van der Waals surface area contributed by atoms with Gasteiger partial charge in [0.2, 0.25) is 10.0 Å². The van der Waals surface area contributed by atoms with Crippen molar-refractivity contribution in [3.05, 3.63) is 35.4 Å². The minimum Gasteiger partial charge on any atom is -0.367 e. The first-order chi connectivity index (χ1) is 13.1. The second-order valence-electron chi connectivity index (χ2n) is 6.07. The maximum absolute atomic E-state index is 12.1. The fourth-order valence-corrected chi connectivity index (χ4v) is 2.61. The second-order valence-corrected chi connectivity index (χ2v) is 7.90. The second kappa shape index (κ2) is 11.9. The molecule has 0 aromatic heterocycles. The van der Waals surface area contributed by atoms with Crippen LogP contribution in [0, 0.1) is 0 Å². The number of rotatable bonds is 11. The zero-order valence-corrected chi connectivity index (χ0v) is 16.8. The first-order valence-corrected chi connectivity index (χ1v) is 10.7. The van der Waals surface area contributed by atoms with Crippen LogP contribution in [0.2, 0.25) is 0 Å². The van der Waals surface area contributed by atoms with Gasteiger partial charge in [0, 0.05) is 19.6 Å². The Hall–Kier alpha value is -1.85. The topological polar surface area (TPSA) is 91.8 Å². The summed E-state index contributed by atoms with van der Waals surface area (Å²) in [5.41, 5.74) is 1.55. The fraction of sp³-hybridized carbons (Fsp3) is 0.588. The Morgan fingerprint density at radius 1 is 1.11 bits per heavy atom. The molecule has 0 aliphatic rings. The maximum Gasteiger partial charge on any atom is 0.411 e. The number of aliphatic imine (C=N–C) groups is 1. The van der Waals surface area contributed by atoms with E-state index in [1.165, 1.54) is 0 Å². The van der Waals surface area contributed by atoms with Gasteiger partial charge in [-0.15, -0.1) is 0 Å². The number of alkyl halides is 3. The molecule has 0 saturated heterocycles. The quantitative estimate of drug-likeness (QED) is 0.286. The molecule has 0 aliphatic heterocycles. The number of nitrogens with one attached hydrogen (secondary N) is 3. The van der Waals surface area contributed by atoms with Crippen LogP contribution in [0.3, 0.4) is 0 Å². The Bertz CT molecular complexity index is 707. The average molecular weight is 424 g/mol. The van der Waals surface area contributed by atoms with Gasteiger partial charge in [0.1, 0.15) is 6.61 Å². The van der Waals surface area contributed by atoms with Crippen LogP contribution >= 0.6 is 0 Å². The van der Waals surface area contributed by atoms with E-state index in [9.17, 15) is 21.6 Å². The molecule has 11 heteroatoms. The van der Waals surface area contributed by atoms with Crippen LogP contribution in [0.1, 0.15) is 24.5 Å². The predicted octanol–water partition coefficient (Wildman–Crippen LogP) is 1.76. The highest BCUT2D eigenvalue weighted by atomic mass is 32.2.